The molecule has 140 valence electrons. The molecule has 1 saturated heterocycles. The standard InChI is InChI=1S/C18H23N3O4S/c1-12-15(16(20-25-12)18(2,3)4)17(22)19-13-7-5-8-14(11-13)21-9-6-10-26(21,23)24/h5,7-8,11H,6,9-10H2,1-4H3,(H,19,22). The van der Waals surface area contributed by atoms with Gasteiger partial charge in [-0.1, -0.05) is 32.0 Å². The lowest BCUT2D eigenvalue weighted by atomic mass is 9.88. The maximum atomic E-state index is 12.8. The van der Waals surface area contributed by atoms with Crippen LogP contribution in [0.25, 0.3) is 0 Å². The van der Waals surface area contributed by atoms with E-state index in [2.05, 4.69) is 10.5 Å². The predicted octanol–water partition coefficient (Wildman–Crippen LogP) is 3.07. The van der Waals surface area contributed by atoms with Crippen molar-refractivity contribution in [3.05, 3.63) is 41.3 Å². The second-order valence-electron chi connectivity index (χ2n) is 7.46. The zero-order valence-electron chi connectivity index (χ0n) is 15.4. The van der Waals surface area contributed by atoms with Crippen LogP contribution >= 0.6 is 0 Å². The van der Waals surface area contributed by atoms with Gasteiger partial charge in [0.25, 0.3) is 5.91 Å². The molecule has 7 nitrogen and oxygen atoms in total. The van der Waals surface area contributed by atoms with Crippen molar-refractivity contribution in [2.45, 2.75) is 39.5 Å². The number of aromatic nitrogens is 1. The molecule has 2 aromatic rings. The van der Waals surface area contributed by atoms with E-state index < -0.39 is 10.0 Å². The molecule has 0 saturated carbocycles. The Kier molecular flexibility index (Phi) is 4.56. The van der Waals surface area contributed by atoms with Crippen molar-refractivity contribution in [1.29, 1.82) is 0 Å². The third kappa shape index (κ3) is 3.46. The van der Waals surface area contributed by atoms with E-state index in [1.807, 2.05) is 20.8 Å². The summed E-state index contributed by atoms with van der Waals surface area (Å²) in [4.78, 5) is 12.8. The third-order valence-electron chi connectivity index (χ3n) is 4.29. The monoisotopic (exact) mass is 377 g/mol. The highest BCUT2D eigenvalue weighted by Gasteiger charge is 2.30. The molecule has 26 heavy (non-hydrogen) atoms. The highest BCUT2D eigenvalue weighted by molar-refractivity contribution is 7.93. The van der Waals surface area contributed by atoms with E-state index in [1.54, 1.807) is 31.2 Å². The minimum absolute atomic E-state index is 0.151. The van der Waals surface area contributed by atoms with Crippen molar-refractivity contribution in [2.24, 2.45) is 0 Å². The Balaban J connectivity index is 1.88. The Morgan fingerprint density at radius 2 is 2.04 bits per heavy atom. The van der Waals surface area contributed by atoms with Crippen LogP contribution in [-0.2, 0) is 15.4 Å². The van der Waals surface area contributed by atoms with Crippen LogP contribution in [-0.4, -0.2) is 31.8 Å². The molecule has 1 N–H and O–H groups in total. The number of amides is 1. The normalized spacial score (nSPS) is 16.7. The molecule has 1 aliphatic rings. The van der Waals surface area contributed by atoms with Gasteiger partial charge in [0.1, 0.15) is 17.0 Å². The minimum atomic E-state index is -3.27. The molecule has 1 aromatic heterocycles. The number of carbonyl (C=O) groups is 1. The minimum Gasteiger partial charge on any atom is -0.361 e. The summed E-state index contributed by atoms with van der Waals surface area (Å²) in [5.74, 6) is 0.277. The van der Waals surface area contributed by atoms with Crippen LogP contribution in [0, 0.1) is 6.92 Å². The maximum absolute atomic E-state index is 12.8. The quantitative estimate of drug-likeness (QED) is 0.887. The predicted molar refractivity (Wildman–Crippen MR) is 100 cm³/mol. The number of nitrogens with zero attached hydrogens (tertiary/aromatic N) is 2. The summed E-state index contributed by atoms with van der Waals surface area (Å²) in [7, 11) is -3.27. The molecule has 1 aromatic carbocycles. The van der Waals surface area contributed by atoms with E-state index in [0.29, 0.717) is 41.4 Å². The topological polar surface area (TPSA) is 92.5 Å². The van der Waals surface area contributed by atoms with Gasteiger partial charge in [-0.2, -0.15) is 0 Å². The largest absolute Gasteiger partial charge is 0.361 e. The molecular weight excluding hydrogens is 354 g/mol. The molecule has 2 heterocycles. The number of rotatable bonds is 3. The van der Waals surface area contributed by atoms with Crippen molar-refractivity contribution in [2.75, 3.05) is 21.9 Å². The van der Waals surface area contributed by atoms with Crippen LogP contribution in [0.2, 0.25) is 0 Å². The van der Waals surface area contributed by atoms with Gasteiger partial charge in [0.15, 0.2) is 0 Å². The lowest BCUT2D eigenvalue weighted by Crippen LogP contribution is -2.25. The van der Waals surface area contributed by atoms with Crippen LogP contribution in [0.4, 0.5) is 11.4 Å². The van der Waals surface area contributed by atoms with Crippen molar-refractivity contribution in [3.8, 4) is 0 Å². The van der Waals surface area contributed by atoms with E-state index in [0.717, 1.165) is 0 Å². The number of sulfonamides is 1. The van der Waals surface area contributed by atoms with Gasteiger partial charge < -0.3 is 9.84 Å². The Morgan fingerprint density at radius 1 is 1.31 bits per heavy atom. The van der Waals surface area contributed by atoms with Crippen molar-refractivity contribution in [3.63, 3.8) is 0 Å². The SMILES string of the molecule is Cc1onc(C(C)(C)C)c1C(=O)Nc1cccc(N2CCCS2(=O)=O)c1. The molecule has 8 heteroatoms. The van der Waals surface area contributed by atoms with Gasteiger partial charge in [-0.3, -0.25) is 9.10 Å². The summed E-state index contributed by atoms with van der Waals surface area (Å²) in [6, 6.07) is 6.85. The Labute approximate surface area is 153 Å². The summed E-state index contributed by atoms with van der Waals surface area (Å²) in [6.07, 6.45) is 0.605. The summed E-state index contributed by atoms with van der Waals surface area (Å²) in [6.45, 7) is 8.03. The van der Waals surface area contributed by atoms with E-state index in [9.17, 15) is 13.2 Å². The van der Waals surface area contributed by atoms with Crippen LogP contribution in [0.15, 0.2) is 28.8 Å². The number of nitrogens with one attached hydrogen (secondary N) is 1. The fourth-order valence-electron chi connectivity index (χ4n) is 3.01. The smallest absolute Gasteiger partial charge is 0.261 e. The number of benzene rings is 1. The molecule has 0 bridgehead atoms. The van der Waals surface area contributed by atoms with E-state index >= 15 is 0 Å². The average Bonchev–Trinajstić information content (AvgIpc) is 3.09. The molecule has 0 spiro atoms. The first-order chi connectivity index (χ1) is 12.1. The van der Waals surface area contributed by atoms with Gasteiger partial charge in [-0.25, -0.2) is 8.42 Å². The van der Waals surface area contributed by atoms with Crippen LogP contribution in [0.3, 0.4) is 0 Å². The summed E-state index contributed by atoms with van der Waals surface area (Å²) < 4.78 is 30.8. The third-order valence-corrected chi connectivity index (χ3v) is 6.16. The highest BCUT2D eigenvalue weighted by Crippen LogP contribution is 2.29. The van der Waals surface area contributed by atoms with Gasteiger partial charge in [0.2, 0.25) is 10.0 Å². The van der Waals surface area contributed by atoms with Crippen molar-refractivity contribution >= 4 is 27.3 Å². The summed E-state index contributed by atoms with van der Waals surface area (Å²) in [5.41, 5.74) is 1.74. The number of aryl methyl sites for hydroxylation is 1. The second-order valence-corrected chi connectivity index (χ2v) is 9.47. The molecular formula is C18H23N3O4S. The van der Waals surface area contributed by atoms with Gasteiger partial charge in [-0.15, -0.1) is 0 Å². The van der Waals surface area contributed by atoms with Crippen LogP contribution < -0.4 is 9.62 Å². The second kappa shape index (κ2) is 6.42. The lowest BCUT2D eigenvalue weighted by Gasteiger charge is -2.18. The summed E-state index contributed by atoms with van der Waals surface area (Å²) in [5, 5.41) is 6.85. The molecule has 0 unspecified atom stereocenters. The van der Waals surface area contributed by atoms with Crippen molar-refractivity contribution < 1.29 is 17.7 Å². The van der Waals surface area contributed by atoms with Gasteiger partial charge in [0, 0.05) is 17.6 Å². The summed E-state index contributed by atoms with van der Waals surface area (Å²) >= 11 is 0. The first-order valence-corrected chi connectivity index (χ1v) is 10.1. The molecule has 1 aliphatic heterocycles. The van der Waals surface area contributed by atoms with Crippen LogP contribution in [0.1, 0.15) is 49.0 Å². The molecule has 0 aliphatic carbocycles. The van der Waals surface area contributed by atoms with Gasteiger partial charge in [-0.05, 0) is 31.5 Å². The molecule has 0 radical (unpaired) electrons. The molecule has 3 rings (SSSR count). The fourth-order valence-corrected chi connectivity index (χ4v) is 4.57. The van der Waals surface area contributed by atoms with E-state index in [1.165, 1.54) is 4.31 Å². The molecule has 1 amide bonds. The number of hydrogen-bond donors (Lipinski definition) is 1. The number of anilines is 2. The average molecular weight is 377 g/mol. The van der Waals surface area contributed by atoms with Gasteiger partial charge in [0.05, 0.1) is 11.4 Å². The maximum Gasteiger partial charge on any atom is 0.261 e. The Hall–Kier alpha value is -2.35. The first-order valence-electron chi connectivity index (χ1n) is 8.48. The van der Waals surface area contributed by atoms with E-state index in [-0.39, 0.29) is 17.1 Å². The lowest BCUT2D eigenvalue weighted by molar-refractivity contribution is 0.102. The molecule has 0 atom stereocenters. The van der Waals surface area contributed by atoms with Gasteiger partial charge >= 0.3 is 0 Å². The fraction of sp³-hybridized carbons (Fsp3) is 0.444. The van der Waals surface area contributed by atoms with Crippen molar-refractivity contribution in [1.82, 2.24) is 5.16 Å². The Bertz CT molecular complexity index is 942. The zero-order valence-corrected chi connectivity index (χ0v) is 16.2. The highest BCUT2D eigenvalue weighted by atomic mass is 32.2. The Morgan fingerprint density at radius 3 is 2.65 bits per heavy atom. The zero-order chi connectivity index (χ0) is 19.1. The first kappa shape index (κ1) is 18.4. The number of hydrogen-bond acceptors (Lipinski definition) is 5. The van der Waals surface area contributed by atoms with E-state index in [4.69, 9.17) is 4.52 Å². The number of carbonyl (C=O) groups excluding carboxylic acids is 1. The van der Waals surface area contributed by atoms with Crippen LogP contribution in [0.5, 0.6) is 0 Å². The molecule has 1 fully saturated rings.